The fourth-order valence-electron chi connectivity index (χ4n) is 2.78. The molecule has 3 rings (SSSR count). The quantitative estimate of drug-likeness (QED) is 0.372. The first-order chi connectivity index (χ1) is 13.6. The molecule has 5 nitrogen and oxygen atoms in total. The molecular formula is C23H19NO4. The molecule has 0 unspecified atom stereocenters. The second-order valence-electron chi connectivity index (χ2n) is 6.18. The van der Waals surface area contributed by atoms with Crippen LogP contribution in [0.25, 0.3) is 16.8 Å². The lowest BCUT2D eigenvalue weighted by molar-refractivity contribution is -0.132. The van der Waals surface area contributed by atoms with Crippen LogP contribution in [0, 0.1) is 18.3 Å². The third kappa shape index (κ3) is 4.49. The molecule has 28 heavy (non-hydrogen) atoms. The van der Waals surface area contributed by atoms with Crippen molar-refractivity contribution in [3.8, 4) is 17.6 Å². The van der Waals surface area contributed by atoms with E-state index in [0.717, 1.165) is 22.1 Å². The second-order valence-corrected chi connectivity index (χ2v) is 6.18. The number of aliphatic carboxylic acids is 1. The summed E-state index contributed by atoms with van der Waals surface area (Å²) in [5.41, 5.74) is 1.37. The van der Waals surface area contributed by atoms with E-state index in [4.69, 9.17) is 14.7 Å². The number of ether oxygens (including phenoxy) is 2. The lowest BCUT2D eigenvalue weighted by Crippen LogP contribution is -2.10. The smallest absolute Gasteiger partial charge is 0.346 e. The highest BCUT2D eigenvalue weighted by atomic mass is 16.5. The standard InChI is InChI=1S/C23H19NO4/c1-16-6-9-19(10-7-16)27-12-13-28-22-11-8-17-4-2-3-5-20(17)21(22)14-18(15-24)23(25)26/h2-11,14H,12-13H2,1H3,(H,25,26). The summed E-state index contributed by atoms with van der Waals surface area (Å²) in [4.78, 5) is 11.3. The number of carbonyl (C=O) groups is 1. The van der Waals surface area contributed by atoms with Crippen LogP contribution in [0.3, 0.4) is 0 Å². The molecule has 140 valence electrons. The van der Waals surface area contributed by atoms with E-state index in [0.29, 0.717) is 17.9 Å². The molecule has 0 aromatic heterocycles. The fraction of sp³-hybridized carbons (Fsp3) is 0.130. The maximum Gasteiger partial charge on any atom is 0.346 e. The minimum Gasteiger partial charge on any atom is -0.490 e. The number of hydrogen-bond donors (Lipinski definition) is 1. The van der Waals surface area contributed by atoms with Gasteiger partial charge in [-0.15, -0.1) is 0 Å². The molecule has 1 N–H and O–H groups in total. The van der Waals surface area contributed by atoms with Crippen LogP contribution in [0.15, 0.2) is 66.2 Å². The van der Waals surface area contributed by atoms with E-state index in [1.807, 2.05) is 61.5 Å². The SMILES string of the molecule is Cc1ccc(OCCOc2ccc3ccccc3c2C=C(C#N)C(=O)O)cc1. The predicted molar refractivity (Wildman–Crippen MR) is 107 cm³/mol. The highest BCUT2D eigenvalue weighted by molar-refractivity contribution is 6.01. The van der Waals surface area contributed by atoms with E-state index < -0.39 is 5.97 Å². The fourth-order valence-corrected chi connectivity index (χ4v) is 2.78. The zero-order valence-corrected chi connectivity index (χ0v) is 15.4. The molecule has 0 saturated heterocycles. The average Bonchev–Trinajstić information content (AvgIpc) is 2.71. The summed E-state index contributed by atoms with van der Waals surface area (Å²) in [5.74, 6) is -0.0187. The van der Waals surface area contributed by atoms with E-state index in [9.17, 15) is 9.90 Å². The lowest BCUT2D eigenvalue weighted by Gasteiger charge is -2.13. The van der Waals surface area contributed by atoms with Crippen molar-refractivity contribution in [2.75, 3.05) is 13.2 Å². The number of nitrogens with zero attached hydrogens (tertiary/aromatic N) is 1. The van der Waals surface area contributed by atoms with Gasteiger partial charge in [0.05, 0.1) is 0 Å². The third-order valence-electron chi connectivity index (χ3n) is 4.20. The van der Waals surface area contributed by atoms with Crippen molar-refractivity contribution in [1.29, 1.82) is 5.26 Å². The van der Waals surface area contributed by atoms with E-state index in [2.05, 4.69) is 0 Å². The van der Waals surface area contributed by atoms with Crippen LogP contribution < -0.4 is 9.47 Å². The van der Waals surface area contributed by atoms with Gasteiger partial charge in [0.15, 0.2) is 0 Å². The number of aryl methyl sites for hydroxylation is 1. The van der Waals surface area contributed by atoms with Gasteiger partial charge in [0.25, 0.3) is 0 Å². The molecule has 0 aliphatic rings. The number of nitriles is 1. The first-order valence-electron chi connectivity index (χ1n) is 8.77. The Balaban J connectivity index is 1.82. The Morgan fingerprint density at radius 2 is 1.75 bits per heavy atom. The Hall–Kier alpha value is -3.78. The number of carboxylic acid groups (broad SMARTS) is 1. The van der Waals surface area contributed by atoms with Crippen molar-refractivity contribution in [3.63, 3.8) is 0 Å². The van der Waals surface area contributed by atoms with Crippen LogP contribution in [0.5, 0.6) is 11.5 Å². The molecule has 3 aromatic rings. The summed E-state index contributed by atoms with van der Waals surface area (Å²) < 4.78 is 11.5. The summed E-state index contributed by atoms with van der Waals surface area (Å²) >= 11 is 0. The van der Waals surface area contributed by atoms with Gasteiger partial charge in [-0.2, -0.15) is 5.26 Å². The summed E-state index contributed by atoms with van der Waals surface area (Å²) in [6.07, 6.45) is 1.35. The maximum atomic E-state index is 11.3. The molecule has 0 amide bonds. The van der Waals surface area contributed by atoms with E-state index in [1.54, 1.807) is 12.1 Å². The van der Waals surface area contributed by atoms with E-state index in [-0.39, 0.29) is 12.2 Å². The molecule has 0 aliphatic heterocycles. The van der Waals surface area contributed by atoms with Gasteiger partial charge in [-0.05, 0) is 42.0 Å². The lowest BCUT2D eigenvalue weighted by atomic mass is 10.0. The van der Waals surface area contributed by atoms with Gasteiger partial charge < -0.3 is 14.6 Å². The van der Waals surface area contributed by atoms with Crippen molar-refractivity contribution >= 4 is 22.8 Å². The minimum absolute atomic E-state index is 0.280. The Bertz CT molecular complexity index is 1060. The number of carboxylic acids is 1. The van der Waals surface area contributed by atoms with Crippen molar-refractivity contribution in [1.82, 2.24) is 0 Å². The third-order valence-corrected chi connectivity index (χ3v) is 4.20. The Morgan fingerprint density at radius 1 is 1.04 bits per heavy atom. The van der Waals surface area contributed by atoms with Crippen molar-refractivity contribution in [2.45, 2.75) is 6.92 Å². The molecule has 0 atom stereocenters. The van der Waals surface area contributed by atoms with E-state index in [1.165, 1.54) is 6.08 Å². The van der Waals surface area contributed by atoms with Crippen LogP contribution in [0.1, 0.15) is 11.1 Å². The monoisotopic (exact) mass is 373 g/mol. The Morgan fingerprint density at radius 3 is 2.46 bits per heavy atom. The molecule has 0 radical (unpaired) electrons. The molecule has 0 spiro atoms. The highest BCUT2D eigenvalue weighted by Gasteiger charge is 2.12. The van der Waals surface area contributed by atoms with Crippen molar-refractivity contribution in [3.05, 3.63) is 77.4 Å². The molecular weight excluding hydrogens is 354 g/mol. The normalized spacial score (nSPS) is 11.1. The number of hydrogen-bond acceptors (Lipinski definition) is 4. The summed E-state index contributed by atoms with van der Waals surface area (Å²) in [7, 11) is 0. The minimum atomic E-state index is -1.27. The van der Waals surface area contributed by atoms with Crippen LogP contribution in [-0.2, 0) is 4.79 Å². The largest absolute Gasteiger partial charge is 0.490 e. The zero-order valence-electron chi connectivity index (χ0n) is 15.4. The van der Waals surface area contributed by atoms with Gasteiger partial charge in [0.1, 0.15) is 36.4 Å². The van der Waals surface area contributed by atoms with Gasteiger partial charge >= 0.3 is 5.97 Å². The Labute approximate surface area is 163 Å². The number of benzene rings is 3. The number of rotatable bonds is 7. The second kappa shape index (κ2) is 8.74. The van der Waals surface area contributed by atoms with Crippen LogP contribution in [0.4, 0.5) is 0 Å². The van der Waals surface area contributed by atoms with Gasteiger partial charge in [0, 0.05) is 5.56 Å². The molecule has 5 heteroatoms. The summed E-state index contributed by atoms with van der Waals surface area (Å²) in [6, 6.07) is 20.7. The molecule has 0 saturated carbocycles. The molecule has 0 aliphatic carbocycles. The molecule has 0 heterocycles. The number of fused-ring (bicyclic) bond motifs is 1. The van der Waals surface area contributed by atoms with Gasteiger partial charge in [0.2, 0.25) is 0 Å². The van der Waals surface area contributed by atoms with Crippen LogP contribution in [-0.4, -0.2) is 24.3 Å². The molecule has 0 bridgehead atoms. The van der Waals surface area contributed by atoms with Crippen molar-refractivity contribution < 1.29 is 19.4 Å². The van der Waals surface area contributed by atoms with Gasteiger partial charge in [-0.3, -0.25) is 0 Å². The van der Waals surface area contributed by atoms with E-state index >= 15 is 0 Å². The highest BCUT2D eigenvalue weighted by Crippen LogP contribution is 2.30. The van der Waals surface area contributed by atoms with Crippen LogP contribution in [0.2, 0.25) is 0 Å². The zero-order chi connectivity index (χ0) is 19.9. The molecule has 0 fully saturated rings. The summed E-state index contributed by atoms with van der Waals surface area (Å²) in [6.45, 7) is 2.62. The first kappa shape index (κ1) is 19.0. The molecule has 3 aromatic carbocycles. The summed E-state index contributed by atoms with van der Waals surface area (Å²) in [5, 5.41) is 20.1. The Kier molecular flexibility index (Phi) is 5.93. The topological polar surface area (TPSA) is 79.5 Å². The van der Waals surface area contributed by atoms with Gasteiger partial charge in [-0.25, -0.2) is 4.79 Å². The average molecular weight is 373 g/mol. The maximum absolute atomic E-state index is 11.3. The first-order valence-corrected chi connectivity index (χ1v) is 8.77. The van der Waals surface area contributed by atoms with Gasteiger partial charge in [-0.1, -0.05) is 48.0 Å². The van der Waals surface area contributed by atoms with Crippen LogP contribution >= 0.6 is 0 Å². The van der Waals surface area contributed by atoms with Crippen molar-refractivity contribution in [2.24, 2.45) is 0 Å². The predicted octanol–water partition coefficient (Wildman–Crippen LogP) is 4.60.